The van der Waals surface area contributed by atoms with Gasteiger partial charge in [0.15, 0.2) is 6.61 Å². The van der Waals surface area contributed by atoms with Crippen molar-refractivity contribution >= 4 is 68.0 Å². The number of nitrogens with zero attached hydrogens (tertiary/aromatic N) is 1. The fourth-order valence-corrected chi connectivity index (χ4v) is 4.23. The molecule has 4 rings (SSSR count). The van der Waals surface area contributed by atoms with Crippen LogP contribution in [0.15, 0.2) is 60.7 Å². The minimum absolute atomic E-state index is 0.219. The van der Waals surface area contributed by atoms with E-state index in [4.69, 9.17) is 39.5 Å². The van der Waals surface area contributed by atoms with Crippen molar-refractivity contribution in [2.75, 3.05) is 11.9 Å². The van der Waals surface area contributed by atoms with E-state index in [-0.39, 0.29) is 17.5 Å². The maximum atomic E-state index is 12.3. The molecule has 1 aromatic heterocycles. The highest BCUT2D eigenvalue weighted by Gasteiger charge is 2.11. The number of ether oxygens (including phenoxy) is 1. The van der Waals surface area contributed by atoms with Crippen LogP contribution in [0.2, 0.25) is 15.1 Å². The molecule has 0 aliphatic rings. The van der Waals surface area contributed by atoms with Gasteiger partial charge in [0.1, 0.15) is 10.8 Å². The van der Waals surface area contributed by atoms with Gasteiger partial charge in [0.2, 0.25) is 0 Å². The van der Waals surface area contributed by atoms with E-state index in [2.05, 4.69) is 10.3 Å². The summed E-state index contributed by atoms with van der Waals surface area (Å²) in [6.45, 7) is -0.219. The van der Waals surface area contributed by atoms with Crippen molar-refractivity contribution in [1.29, 1.82) is 0 Å². The number of nitrogens with one attached hydrogen (secondary N) is 1. The molecule has 0 fully saturated rings. The number of thiazole rings is 1. The Balaban J connectivity index is 1.45. The molecule has 0 saturated carbocycles. The molecule has 0 bridgehead atoms. The molecule has 4 nitrogen and oxygen atoms in total. The second-order valence-corrected chi connectivity index (χ2v) is 8.35. The Morgan fingerprint density at radius 2 is 1.76 bits per heavy atom. The average Bonchev–Trinajstić information content (AvgIpc) is 3.14. The molecule has 1 heterocycles. The van der Waals surface area contributed by atoms with Gasteiger partial charge in [0.05, 0.1) is 25.3 Å². The van der Waals surface area contributed by atoms with Gasteiger partial charge in [0, 0.05) is 17.3 Å². The Labute approximate surface area is 186 Å². The third-order valence-electron chi connectivity index (χ3n) is 4.02. The standard InChI is InChI=1S/C21H13Cl3N2O2S/c22-14-9-16(24)18(10-15(14)23)28-11-20(27)25-13-5-3-4-12(8-13)21-26-17-6-1-2-7-19(17)29-21/h1-10H,11H2,(H,25,27). The van der Waals surface area contributed by atoms with Gasteiger partial charge >= 0.3 is 0 Å². The molecular formula is C21H13Cl3N2O2S. The largest absolute Gasteiger partial charge is 0.482 e. The SMILES string of the molecule is O=C(COc1cc(Cl)c(Cl)cc1Cl)Nc1cccc(-c2nc3ccccc3s2)c1. The highest BCUT2D eigenvalue weighted by Crippen LogP contribution is 2.34. The molecule has 0 atom stereocenters. The van der Waals surface area contributed by atoms with E-state index >= 15 is 0 Å². The van der Waals surface area contributed by atoms with Gasteiger partial charge in [-0.1, -0.05) is 59.1 Å². The smallest absolute Gasteiger partial charge is 0.262 e. The minimum Gasteiger partial charge on any atom is -0.482 e. The maximum Gasteiger partial charge on any atom is 0.262 e. The zero-order valence-electron chi connectivity index (χ0n) is 14.8. The number of amides is 1. The Morgan fingerprint density at radius 3 is 2.59 bits per heavy atom. The van der Waals surface area contributed by atoms with Crippen LogP contribution in [0.1, 0.15) is 0 Å². The molecule has 1 amide bonds. The summed E-state index contributed by atoms with van der Waals surface area (Å²) in [5.74, 6) is -0.0342. The van der Waals surface area contributed by atoms with Crippen molar-refractivity contribution in [3.8, 4) is 16.3 Å². The number of hydrogen-bond acceptors (Lipinski definition) is 4. The highest BCUT2D eigenvalue weighted by molar-refractivity contribution is 7.21. The van der Waals surface area contributed by atoms with Crippen LogP contribution in [0.5, 0.6) is 5.75 Å². The predicted octanol–water partition coefficient (Wildman–Crippen LogP) is 6.94. The second kappa shape index (κ2) is 8.59. The number of para-hydroxylation sites is 1. The van der Waals surface area contributed by atoms with Gasteiger partial charge < -0.3 is 10.1 Å². The lowest BCUT2D eigenvalue weighted by Crippen LogP contribution is -2.20. The van der Waals surface area contributed by atoms with Gasteiger partial charge in [-0.3, -0.25) is 4.79 Å². The van der Waals surface area contributed by atoms with Crippen LogP contribution < -0.4 is 10.1 Å². The first-order valence-corrected chi connectivity index (χ1v) is 10.5. The first-order chi connectivity index (χ1) is 14.0. The summed E-state index contributed by atoms with van der Waals surface area (Å²) < 4.78 is 6.58. The molecule has 3 aromatic carbocycles. The molecule has 1 N–H and O–H groups in total. The normalized spacial score (nSPS) is 10.9. The molecule has 0 unspecified atom stereocenters. The third-order valence-corrected chi connectivity index (χ3v) is 6.12. The summed E-state index contributed by atoms with van der Waals surface area (Å²) in [5.41, 5.74) is 2.53. The molecule has 4 aromatic rings. The molecule has 8 heteroatoms. The average molecular weight is 464 g/mol. The van der Waals surface area contributed by atoms with Gasteiger partial charge in [-0.05, 0) is 30.3 Å². The van der Waals surface area contributed by atoms with Gasteiger partial charge in [-0.15, -0.1) is 11.3 Å². The third kappa shape index (κ3) is 4.65. The molecule has 0 spiro atoms. The zero-order chi connectivity index (χ0) is 20.4. The first kappa shape index (κ1) is 20.0. The fourth-order valence-electron chi connectivity index (χ4n) is 2.68. The maximum absolute atomic E-state index is 12.3. The van der Waals surface area contributed by atoms with E-state index in [0.717, 1.165) is 20.8 Å². The van der Waals surface area contributed by atoms with Crippen LogP contribution in [0.25, 0.3) is 20.8 Å². The monoisotopic (exact) mass is 462 g/mol. The summed E-state index contributed by atoms with van der Waals surface area (Å²) >= 11 is 19.5. The molecule has 0 aliphatic heterocycles. The fraction of sp³-hybridized carbons (Fsp3) is 0.0476. The van der Waals surface area contributed by atoms with Crippen molar-refractivity contribution in [2.24, 2.45) is 0 Å². The number of anilines is 1. The van der Waals surface area contributed by atoms with E-state index < -0.39 is 0 Å². The van der Waals surface area contributed by atoms with E-state index in [1.807, 2.05) is 42.5 Å². The molecular weight excluding hydrogens is 451 g/mol. The number of aromatic nitrogens is 1. The summed E-state index contributed by atoms with van der Waals surface area (Å²) in [7, 11) is 0. The molecule has 29 heavy (non-hydrogen) atoms. The van der Waals surface area contributed by atoms with Gasteiger partial charge in [0.25, 0.3) is 5.91 Å². The first-order valence-electron chi connectivity index (χ1n) is 8.53. The number of carbonyl (C=O) groups excluding carboxylic acids is 1. The van der Waals surface area contributed by atoms with Crippen molar-refractivity contribution in [3.05, 3.63) is 75.7 Å². The summed E-state index contributed by atoms with van der Waals surface area (Å²) in [4.78, 5) is 16.9. The van der Waals surface area contributed by atoms with Crippen LogP contribution in [-0.4, -0.2) is 17.5 Å². The molecule has 0 radical (unpaired) electrons. The quantitative estimate of drug-likeness (QED) is 0.326. The van der Waals surface area contributed by atoms with Crippen LogP contribution in [0.4, 0.5) is 5.69 Å². The van der Waals surface area contributed by atoms with Crippen molar-refractivity contribution in [2.45, 2.75) is 0 Å². The van der Waals surface area contributed by atoms with Gasteiger partial charge in [-0.2, -0.15) is 0 Å². The highest BCUT2D eigenvalue weighted by atomic mass is 35.5. The topological polar surface area (TPSA) is 51.2 Å². The summed E-state index contributed by atoms with van der Waals surface area (Å²) in [6.07, 6.45) is 0. The van der Waals surface area contributed by atoms with Crippen molar-refractivity contribution < 1.29 is 9.53 Å². The Kier molecular flexibility index (Phi) is 5.92. The number of halogens is 3. The second-order valence-electron chi connectivity index (χ2n) is 6.10. The lowest BCUT2D eigenvalue weighted by molar-refractivity contribution is -0.118. The Hall–Kier alpha value is -2.31. The Bertz CT molecular complexity index is 1180. The Morgan fingerprint density at radius 1 is 0.966 bits per heavy atom. The van der Waals surface area contributed by atoms with E-state index in [0.29, 0.717) is 21.5 Å². The van der Waals surface area contributed by atoms with Crippen molar-refractivity contribution in [3.63, 3.8) is 0 Å². The van der Waals surface area contributed by atoms with E-state index in [9.17, 15) is 4.79 Å². The number of benzene rings is 3. The van der Waals surface area contributed by atoms with E-state index in [1.54, 1.807) is 17.4 Å². The number of fused-ring (bicyclic) bond motifs is 1. The minimum atomic E-state index is -0.325. The lowest BCUT2D eigenvalue weighted by atomic mass is 10.2. The summed E-state index contributed by atoms with van der Waals surface area (Å²) in [5, 5.41) is 4.61. The van der Waals surface area contributed by atoms with Crippen molar-refractivity contribution in [1.82, 2.24) is 4.98 Å². The molecule has 0 aliphatic carbocycles. The predicted molar refractivity (Wildman–Crippen MR) is 121 cm³/mol. The van der Waals surface area contributed by atoms with E-state index in [1.165, 1.54) is 12.1 Å². The zero-order valence-corrected chi connectivity index (χ0v) is 17.9. The lowest BCUT2D eigenvalue weighted by Gasteiger charge is -2.10. The molecule has 146 valence electrons. The number of carbonyl (C=O) groups is 1. The van der Waals surface area contributed by atoms with Crippen LogP contribution in [0, 0.1) is 0 Å². The summed E-state index contributed by atoms with van der Waals surface area (Å²) in [6, 6.07) is 18.4. The van der Waals surface area contributed by atoms with Crippen LogP contribution in [0.3, 0.4) is 0 Å². The molecule has 0 saturated heterocycles. The van der Waals surface area contributed by atoms with Gasteiger partial charge in [-0.25, -0.2) is 4.98 Å². The number of hydrogen-bond donors (Lipinski definition) is 1. The number of rotatable bonds is 5. The van der Waals surface area contributed by atoms with Crippen LogP contribution >= 0.6 is 46.1 Å². The van der Waals surface area contributed by atoms with Crippen LogP contribution in [-0.2, 0) is 4.79 Å².